The molecular weight excluding hydrogens is 260 g/mol. The molecule has 5 nitrogen and oxygen atoms in total. The van der Waals surface area contributed by atoms with E-state index < -0.39 is 0 Å². The third-order valence-electron chi connectivity index (χ3n) is 3.83. The second-order valence-electron chi connectivity index (χ2n) is 5.21. The molecule has 0 aliphatic carbocycles. The molecule has 0 saturated carbocycles. The molecule has 3 rings (SSSR count). The van der Waals surface area contributed by atoms with Crippen molar-refractivity contribution in [1.82, 2.24) is 15.2 Å². The SMILES string of the molecule is Cc1cnc(N2CCN(C(=O)C3CCCN3)CC2)s1. The molecule has 19 heavy (non-hydrogen) atoms. The first kappa shape index (κ1) is 12.9. The first-order valence-electron chi connectivity index (χ1n) is 6.93. The van der Waals surface area contributed by atoms with Gasteiger partial charge in [0.05, 0.1) is 6.04 Å². The van der Waals surface area contributed by atoms with Crippen molar-refractivity contribution < 1.29 is 4.79 Å². The van der Waals surface area contributed by atoms with Gasteiger partial charge in [0, 0.05) is 37.3 Å². The average Bonchev–Trinajstić information content (AvgIpc) is 3.09. The van der Waals surface area contributed by atoms with Gasteiger partial charge in [-0.1, -0.05) is 0 Å². The van der Waals surface area contributed by atoms with Crippen molar-refractivity contribution in [3.05, 3.63) is 11.1 Å². The Hall–Kier alpha value is -1.14. The zero-order valence-electron chi connectivity index (χ0n) is 11.3. The molecule has 2 aliphatic rings. The topological polar surface area (TPSA) is 48.5 Å². The Balaban J connectivity index is 1.55. The predicted octanol–water partition coefficient (Wildman–Crippen LogP) is 0.852. The van der Waals surface area contributed by atoms with Crippen molar-refractivity contribution in [2.75, 3.05) is 37.6 Å². The zero-order chi connectivity index (χ0) is 13.2. The second kappa shape index (κ2) is 5.46. The molecule has 2 aliphatic heterocycles. The van der Waals surface area contributed by atoms with E-state index in [0.29, 0.717) is 0 Å². The van der Waals surface area contributed by atoms with Crippen LogP contribution in [0.25, 0.3) is 0 Å². The molecule has 0 aromatic carbocycles. The normalized spacial score (nSPS) is 23.9. The summed E-state index contributed by atoms with van der Waals surface area (Å²) in [5, 5.41) is 4.37. The second-order valence-corrected chi connectivity index (χ2v) is 6.43. The molecule has 1 aromatic heterocycles. The highest BCUT2D eigenvalue weighted by Crippen LogP contribution is 2.23. The summed E-state index contributed by atoms with van der Waals surface area (Å²) in [6.07, 6.45) is 4.03. The van der Waals surface area contributed by atoms with Gasteiger partial charge in [-0.3, -0.25) is 4.79 Å². The summed E-state index contributed by atoms with van der Waals surface area (Å²) in [6, 6.07) is 0.0636. The van der Waals surface area contributed by atoms with E-state index in [2.05, 4.69) is 22.1 Å². The van der Waals surface area contributed by atoms with E-state index in [4.69, 9.17) is 0 Å². The molecule has 3 heterocycles. The average molecular weight is 280 g/mol. The minimum atomic E-state index is 0.0636. The van der Waals surface area contributed by atoms with E-state index in [1.54, 1.807) is 11.3 Å². The largest absolute Gasteiger partial charge is 0.345 e. The lowest BCUT2D eigenvalue weighted by atomic mass is 10.2. The van der Waals surface area contributed by atoms with Crippen LogP contribution >= 0.6 is 11.3 Å². The lowest BCUT2D eigenvalue weighted by molar-refractivity contribution is -0.133. The fourth-order valence-corrected chi connectivity index (χ4v) is 3.53. The minimum absolute atomic E-state index is 0.0636. The molecule has 0 bridgehead atoms. The molecule has 1 unspecified atom stereocenters. The van der Waals surface area contributed by atoms with Crippen LogP contribution in [-0.4, -0.2) is 54.6 Å². The van der Waals surface area contributed by atoms with Gasteiger partial charge in [0.2, 0.25) is 5.91 Å². The molecule has 2 fully saturated rings. The third kappa shape index (κ3) is 2.74. The summed E-state index contributed by atoms with van der Waals surface area (Å²) in [5.74, 6) is 0.285. The van der Waals surface area contributed by atoms with Gasteiger partial charge in [-0.05, 0) is 26.3 Å². The highest BCUT2D eigenvalue weighted by atomic mass is 32.1. The Morgan fingerprint density at radius 3 is 2.79 bits per heavy atom. The standard InChI is InChI=1S/C13H20N4OS/c1-10-9-15-13(19-10)17-7-5-16(6-8-17)12(18)11-3-2-4-14-11/h9,11,14H,2-8H2,1H3. The fraction of sp³-hybridized carbons (Fsp3) is 0.692. The summed E-state index contributed by atoms with van der Waals surface area (Å²) in [5.41, 5.74) is 0. The Labute approximate surface area is 117 Å². The molecule has 6 heteroatoms. The van der Waals surface area contributed by atoms with Crippen molar-refractivity contribution in [2.24, 2.45) is 0 Å². The highest BCUT2D eigenvalue weighted by molar-refractivity contribution is 7.15. The maximum atomic E-state index is 12.3. The van der Waals surface area contributed by atoms with Crippen LogP contribution in [0.1, 0.15) is 17.7 Å². The quantitative estimate of drug-likeness (QED) is 0.872. The first-order valence-corrected chi connectivity index (χ1v) is 7.75. The predicted molar refractivity (Wildman–Crippen MR) is 76.7 cm³/mol. The number of aromatic nitrogens is 1. The van der Waals surface area contributed by atoms with E-state index in [1.807, 2.05) is 11.1 Å². The van der Waals surface area contributed by atoms with Gasteiger partial charge in [-0.25, -0.2) is 4.98 Å². The van der Waals surface area contributed by atoms with Crippen LogP contribution in [0, 0.1) is 6.92 Å². The van der Waals surface area contributed by atoms with Crippen LogP contribution in [0.5, 0.6) is 0 Å². The van der Waals surface area contributed by atoms with Crippen molar-refractivity contribution in [2.45, 2.75) is 25.8 Å². The number of carbonyl (C=O) groups is 1. The molecule has 1 N–H and O–H groups in total. The number of amides is 1. The molecule has 104 valence electrons. The summed E-state index contributed by atoms with van der Waals surface area (Å²) >= 11 is 1.73. The third-order valence-corrected chi connectivity index (χ3v) is 4.80. The molecule has 0 spiro atoms. The number of aryl methyl sites for hydroxylation is 1. The smallest absolute Gasteiger partial charge is 0.239 e. The molecule has 1 amide bonds. The fourth-order valence-electron chi connectivity index (χ4n) is 2.72. The number of rotatable bonds is 2. The van der Waals surface area contributed by atoms with Gasteiger partial charge in [0.1, 0.15) is 0 Å². The van der Waals surface area contributed by atoms with Crippen molar-refractivity contribution in [1.29, 1.82) is 0 Å². The van der Waals surface area contributed by atoms with Crippen molar-refractivity contribution in [3.63, 3.8) is 0 Å². The molecule has 1 atom stereocenters. The lowest BCUT2D eigenvalue weighted by Gasteiger charge is -2.35. The first-order chi connectivity index (χ1) is 9.24. The zero-order valence-corrected chi connectivity index (χ0v) is 12.1. The number of hydrogen-bond donors (Lipinski definition) is 1. The van der Waals surface area contributed by atoms with Crippen LogP contribution in [0.15, 0.2) is 6.20 Å². The molecule has 1 aromatic rings. The van der Waals surface area contributed by atoms with E-state index in [-0.39, 0.29) is 11.9 Å². The van der Waals surface area contributed by atoms with Crippen LogP contribution < -0.4 is 10.2 Å². The van der Waals surface area contributed by atoms with Gasteiger partial charge in [0.15, 0.2) is 5.13 Å². The van der Waals surface area contributed by atoms with Crippen LogP contribution in [-0.2, 0) is 4.79 Å². The Kier molecular flexibility index (Phi) is 3.70. The number of thiazole rings is 1. The van der Waals surface area contributed by atoms with Gasteiger partial charge >= 0.3 is 0 Å². The van der Waals surface area contributed by atoms with E-state index in [0.717, 1.165) is 50.7 Å². The number of piperazine rings is 1. The highest BCUT2D eigenvalue weighted by Gasteiger charge is 2.29. The maximum absolute atomic E-state index is 12.3. The van der Waals surface area contributed by atoms with Gasteiger partial charge in [-0.2, -0.15) is 0 Å². The minimum Gasteiger partial charge on any atom is -0.345 e. The van der Waals surface area contributed by atoms with E-state index in [9.17, 15) is 4.79 Å². The van der Waals surface area contributed by atoms with Gasteiger partial charge < -0.3 is 15.1 Å². The Morgan fingerprint density at radius 1 is 1.42 bits per heavy atom. The molecular formula is C13H20N4OS. The van der Waals surface area contributed by atoms with Gasteiger partial charge in [-0.15, -0.1) is 11.3 Å². The maximum Gasteiger partial charge on any atom is 0.239 e. The number of nitrogens with one attached hydrogen (secondary N) is 1. The van der Waals surface area contributed by atoms with E-state index in [1.165, 1.54) is 4.88 Å². The monoisotopic (exact) mass is 280 g/mol. The summed E-state index contributed by atoms with van der Waals surface area (Å²) < 4.78 is 0. The van der Waals surface area contributed by atoms with Crippen LogP contribution in [0.4, 0.5) is 5.13 Å². The lowest BCUT2D eigenvalue weighted by Crippen LogP contribution is -2.53. The summed E-state index contributed by atoms with van der Waals surface area (Å²) in [6.45, 7) is 6.48. The molecule has 2 saturated heterocycles. The van der Waals surface area contributed by atoms with Gasteiger partial charge in [0.25, 0.3) is 0 Å². The van der Waals surface area contributed by atoms with Crippen molar-refractivity contribution in [3.8, 4) is 0 Å². The molecule has 0 radical (unpaired) electrons. The Morgan fingerprint density at radius 2 is 2.21 bits per heavy atom. The number of hydrogen-bond acceptors (Lipinski definition) is 5. The summed E-state index contributed by atoms with van der Waals surface area (Å²) in [4.78, 5) is 22.2. The van der Waals surface area contributed by atoms with Crippen LogP contribution in [0.3, 0.4) is 0 Å². The summed E-state index contributed by atoms with van der Waals surface area (Å²) in [7, 11) is 0. The number of anilines is 1. The van der Waals surface area contributed by atoms with Crippen molar-refractivity contribution >= 4 is 22.4 Å². The number of carbonyl (C=O) groups excluding carboxylic acids is 1. The van der Waals surface area contributed by atoms with E-state index >= 15 is 0 Å². The van der Waals surface area contributed by atoms with Crippen LogP contribution in [0.2, 0.25) is 0 Å². The number of nitrogens with zero attached hydrogens (tertiary/aromatic N) is 3. The Bertz CT molecular complexity index is 447.